The van der Waals surface area contributed by atoms with E-state index in [1.165, 1.54) is 0 Å². The molecular weight excluding hydrogens is 310 g/mol. The quantitative estimate of drug-likeness (QED) is 0.850. The van der Waals surface area contributed by atoms with Crippen LogP contribution >= 0.6 is 0 Å². The number of aromatic nitrogens is 2. The third-order valence-corrected chi connectivity index (χ3v) is 4.59. The normalized spacial score (nSPS) is 24.8. The molecule has 24 heavy (non-hydrogen) atoms. The fraction of sp³-hybridized carbons (Fsp3) is 0.471. The van der Waals surface area contributed by atoms with Crippen LogP contribution in [0.15, 0.2) is 34.9 Å². The molecule has 3 rings (SSSR count). The topological polar surface area (TPSA) is 99.7 Å². The molecule has 0 spiro atoms. The van der Waals surface area contributed by atoms with Gasteiger partial charge in [0.15, 0.2) is 5.82 Å². The molecule has 0 amide bonds. The number of aliphatic hydroxyl groups excluding tert-OH is 1. The Labute approximate surface area is 139 Å². The van der Waals surface area contributed by atoms with Crippen LogP contribution in [-0.2, 0) is 17.8 Å². The summed E-state index contributed by atoms with van der Waals surface area (Å²) in [7, 11) is 0. The highest BCUT2D eigenvalue weighted by Gasteiger charge is 2.49. The number of likely N-dealkylation sites (tertiary alicyclic amines) is 1. The second kappa shape index (κ2) is 6.70. The Balaban J connectivity index is 1.81. The zero-order chi connectivity index (χ0) is 17.2. The average molecular weight is 331 g/mol. The van der Waals surface area contributed by atoms with E-state index in [1.807, 2.05) is 35.2 Å². The summed E-state index contributed by atoms with van der Waals surface area (Å²) in [5.74, 6) is 0.0339. The molecular formula is C17H21N3O4. The fourth-order valence-electron chi connectivity index (χ4n) is 3.32. The van der Waals surface area contributed by atoms with Gasteiger partial charge in [0, 0.05) is 20.0 Å². The summed E-state index contributed by atoms with van der Waals surface area (Å²) >= 11 is 0. The van der Waals surface area contributed by atoms with Crippen LogP contribution in [0.1, 0.15) is 23.7 Å². The largest absolute Gasteiger partial charge is 0.481 e. The Morgan fingerprint density at radius 3 is 2.79 bits per heavy atom. The first-order valence-electron chi connectivity index (χ1n) is 7.96. The van der Waals surface area contributed by atoms with Gasteiger partial charge in [0.2, 0.25) is 5.89 Å². The van der Waals surface area contributed by atoms with Crippen molar-refractivity contribution in [2.75, 3.05) is 13.1 Å². The van der Waals surface area contributed by atoms with Crippen molar-refractivity contribution in [1.82, 2.24) is 15.0 Å². The van der Waals surface area contributed by atoms with E-state index in [4.69, 9.17) is 4.52 Å². The number of carboxylic acid groups (broad SMARTS) is 1. The molecule has 1 aliphatic rings. The van der Waals surface area contributed by atoms with Crippen molar-refractivity contribution < 1.29 is 19.5 Å². The van der Waals surface area contributed by atoms with Crippen LogP contribution in [0.2, 0.25) is 0 Å². The molecule has 1 fully saturated rings. The van der Waals surface area contributed by atoms with Gasteiger partial charge in [-0.15, -0.1) is 0 Å². The number of rotatable bonds is 5. The highest BCUT2D eigenvalue weighted by atomic mass is 16.5. The maximum absolute atomic E-state index is 12.1. The van der Waals surface area contributed by atoms with Gasteiger partial charge in [-0.3, -0.25) is 9.69 Å². The summed E-state index contributed by atoms with van der Waals surface area (Å²) in [6.07, 6.45) is -0.208. The van der Waals surface area contributed by atoms with Crippen molar-refractivity contribution in [2.24, 2.45) is 5.41 Å². The lowest BCUT2D eigenvalue weighted by Gasteiger charge is -2.43. The third-order valence-electron chi connectivity index (χ3n) is 4.59. The minimum atomic E-state index is -1.24. The molecule has 0 unspecified atom stereocenters. The number of piperidine rings is 1. The lowest BCUT2D eigenvalue weighted by atomic mass is 9.73. The van der Waals surface area contributed by atoms with Crippen molar-refractivity contribution in [3.63, 3.8) is 0 Å². The number of aryl methyl sites for hydroxylation is 1. The van der Waals surface area contributed by atoms with Gasteiger partial charge in [-0.05, 0) is 18.4 Å². The Morgan fingerprint density at radius 2 is 2.17 bits per heavy atom. The van der Waals surface area contributed by atoms with Gasteiger partial charge < -0.3 is 14.7 Å². The lowest BCUT2D eigenvalue weighted by molar-refractivity contribution is -0.163. The molecule has 0 bridgehead atoms. The zero-order valence-electron chi connectivity index (χ0n) is 13.6. The number of carbonyl (C=O) groups is 1. The maximum Gasteiger partial charge on any atom is 0.313 e. The van der Waals surface area contributed by atoms with E-state index in [1.54, 1.807) is 6.92 Å². The smallest absolute Gasteiger partial charge is 0.313 e. The maximum atomic E-state index is 12.1. The van der Waals surface area contributed by atoms with E-state index in [2.05, 4.69) is 10.1 Å². The first kappa shape index (κ1) is 16.6. The van der Waals surface area contributed by atoms with Crippen LogP contribution < -0.4 is 0 Å². The number of carboxylic acids is 1. The van der Waals surface area contributed by atoms with Crippen LogP contribution in [-0.4, -0.2) is 50.4 Å². The first-order valence-corrected chi connectivity index (χ1v) is 7.96. The Hall–Kier alpha value is -2.25. The highest BCUT2D eigenvalue weighted by Crippen LogP contribution is 2.35. The van der Waals surface area contributed by atoms with Crippen LogP contribution in [0.5, 0.6) is 0 Å². The molecule has 7 nitrogen and oxygen atoms in total. The van der Waals surface area contributed by atoms with Crippen molar-refractivity contribution in [2.45, 2.75) is 32.4 Å². The number of hydrogen-bond donors (Lipinski definition) is 2. The minimum Gasteiger partial charge on any atom is -0.481 e. The van der Waals surface area contributed by atoms with E-state index in [0.29, 0.717) is 31.2 Å². The van der Waals surface area contributed by atoms with E-state index < -0.39 is 17.5 Å². The summed E-state index contributed by atoms with van der Waals surface area (Å²) in [4.78, 5) is 18.2. The van der Waals surface area contributed by atoms with Crippen molar-refractivity contribution in [3.8, 4) is 0 Å². The molecule has 2 N–H and O–H groups in total. The van der Waals surface area contributed by atoms with Gasteiger partial charge in [-0.1, -0.05) is 35.5 Å². The van der Waals surface area contributed by atoms with Gasteiger partial charge in [0.1, 0.15) is 5.41 Å². The van der Waals surface area contributed by atoms with Crippen LogP contribution in [0, 0.1) is 12.3 Å². The van der Waals surface area contributed by atoms with Gasteiger partial charge in [0.05, 0.1) is 12.6 Å². The van der Waals surface area contributed by atoms with Crippen LogP contribution in [0.4, 0.5) is 0 Å². The molecule has 1 saturated heterocycles. The Morgan fingerprint density at radius 1 is 1.42 bits per heavy atom. The van der Waals surface area contributed by atoms with E-state index in [-0.39, 0.29) is 13.0 Å². The Bertz CT molecular complexity index is 703. The molecule has 7 heteroatoms. The van der Waals surface area contributed by atoms with Gasteiger partial charge in [-0.25, -0.2) is 0 Å². The van der Waals surface area contributed by atoms with E-state index >= 15 is 0 Å². The standard InChI is InChI=1S/C17H21N3O4/c1-12-18-15(19-24-12)10-20-8-7-14(21)17(11-20,16(22)23)9-13-5-3-2-4-6-13/h2-6,14,21H,7-11H2,1H3,(H,22,23)/t14-,17-/m0/s1. The predicted octanol–water partition coefficient (Wildman–Crippen LogP) is 1.26. The van der Waals surface area contributed by atoms with Crippen LogP contribution in [0.3, 0.4) is 0 Å². The van der Waals surface area contributed by atoms with Gasteiger partial charge in [0.25, 0.3) is 0 Å². The lowest BCUT2D eigenvalue weighted by Crippen LogP contribution is -2.56. The molecule has 2 heterocycles. The average Bonchev–Trinajstić information content (AvgIpc) is 2.96. The molecule has 1 aromatic heterocycles. The molecule has 2 atom stereocenters. The summed E-state index contributed by atoms with van der Waals surface area (Å²) < 4.78 is 4.97. The SMILES string of the molecule is Cc1nc(CN2CC[C@H](O)[C@@](Cc3ccccc3)(C(=O)O)C2)no1. The number of benzene rings is 1. The number of aliphatic carboxylic acids is 1. The molecule has 1 aromatic carbocycles. The van der Waals surface area contributed by atoms with Crippen molar-refractivity contribution in [3.05, 3.63) is 47.6 Å². The number of nitrogens with zero attached hydrogens (tertiary/aromatic N) is 3. The second-order valence-corrected chi connectivity index (χ2v) is 6.37. The summed E-state index contributed by atoms with van der Waals surface area (Å²) in [5, 5.41) is 24.2. The molecule has 0 saturated carbocycles. The molecule has 0 aliphatic carbocycles. The van der Waals surface area contributed by atoms with E-state index in [0.717, 1.165) is 5.56 Å². The van der Waals surface area contributed by atoms with Gasteiger partial charge in [-0.2, -0.15) is 4.98 Å². The van der Waals surface area contributed by atoms with Crippen LogP contribution in [0.25, 0.3) is 0 Å². The molecule has 128 valence electrons. The summed E-state index contributed by atoms with van der Waals surface area (Å²) in [6, 6.07) is 9.41. The number of aliphatic hydroxyl groups is 1. The predicted molar refractivity (Wildman–Crippen MR) is 85.2 cm³/mol. The zero-order valence-corrected chi connectivity index (χ0v) is 13.6. The highest BCUT2D eigenvalue weighted by molar-refractivity contribution is 5.76. The Kier molecular flexibility index (Phi) is 4.64. The van der Waals surface area contributed by atoms with Crippen molar-refractivity contribution in [1.29, 1.82) is 0 Å². The van der Waals surface area contributed by atoms with Gasteiger partial charge >= 0.3 is 5.97 Å². The first-order chi connectivity index (χ1) is 11.5. The monoisotopic (exact) mass is 331 g/mol. The molecule has 2 aromatic rings. The van der Waals surface area contributed by atoms with E-state index in [9.17, 15) is 15.0 Å². The summed E-state index contributed by atoms with van der Waals surface area (Å²) in [5.41, 5.74) is -0.338. The summed E-state index contributed by atoms with van der Waals surface area (Å²) in [6.45, 7) is 2.96. The third kappa shape index (κ3) is 3.32. The van der Waals surface area contributed by atoms with Crippen molar-refractivity contribution >= 4 is 5.97 Å². The number of hydrogen-bond acceptors (Lipinski definition) is 6. The molecule has 0 radical (unpaired) electrons. The fourth-order valence-corrected chi connectivity index (χ4v) is 3.32. The molecule has 1 aliphatic heterocycles. The second-order valence-electron chi connectivity index (χ2n) is 6.37. The minimum absolute atomic E-state index is 0.242.